The molecule has 0 saturated heterocycles. The van der Waals surface area contributed by atoms with Crippen LogP contribution in [0.1, 0.15) is 5.56 Å². The third-order valence-electron chi connectivity index (χ3n) is 4.03. The third-order valence-corrected chi connectivity index (χ3v) is 4.69. The van der Waals surface area contributed by atoms with Crippen LogP contribution in [0, 0.1) is 5.82 Å². The summed E-state index contributed by atoms with van der Waals surface area (Å²) < 4.78 is 16.2. The summed E-state index contributed by atoms with van der Waals surface area (Å²) in [5.74, 6) is 0.270. The first kappa shape index (κ1) is 16.1. The van der Waals surface area contributed by atoms with E-state index in [2.05, 4.69) is 9.97 Å². The highest BCUT2D eigenvalue weighted by Gasteiger charge is 2.17. The number of rotatable bonds is 3. The van der Waals surface area contributed by atoms with Crippen LogP contribution < -0.4 is 0 Å². The van der Waals surface area contributed by atoms with Crippen molar-refractivity contribution in [1.82, 2.24) is 14.5 Å². The molecular formula is C19H12Cl2FN3. The molecule has 124 valence electrons. The molecule has 6 heteroatoms. The largest absolute Gasteiger partial charge is 0.319 e. The van der Waals surface area contributed by atoms with Crippen molar-refractivity contribution in [3.05, 3.63) is 82.4 Å². The van der Waals surface area contributed by atoms with E-state index in [9.17, 15) is 4.39 Å². The van der Waals surface area contributed by atoms with E-state index < -0.39 is 0 Å². The first-order valence-electron chi connectivity index (χ1n) is 7.64. The van der Waals surface area contributed by atoms with Crippen molar-refractivity contribution >= 4 is 34.2 Å². The van der Waals surface area contributed by atoms with E-state index in [0.29, 0.717) is 27.1 Å². The van der Waals surface area contributed by atoms with Crippen molar-refractivity contribution in [2.24, 2.45) is 0 Å². The Morgan fingerprint density at radius 2 is 1.80 bits per heavy atom. The van der Waals surface area contributed by atoms with Gasteiger partial charge in [-0.25, -0.2) is 14.4 Å². The molecule has 0 amide bonds. The Labute approximate surface area is 153 Å². The maximum atomic E-state index is 14.3. The van der Waals surface area contributed by atoms with Gasteiger partial charge in [-0.3, -0.25) is 0 Å². The lowest BCUT2D eigenvalue weighted by atomic mass is 10.2. The normalized spacial score (nSPS) is 11.2. The van der Waals surface area contributed by atoms with Gasteiger partial charge in [-0.2, -0.15) is 0 Å². The lowest BCUT2D eigenvalue weighted by Crippen LogP contribution is -2.05. The van der Waals surface area contributed by atoms with E-state index in [1.165, 1.54) is 6.07 Å². The molecule has 3 nitrogen and oxygen atoms in total. The van der Waals surface area contributed by atoms with Gasteiger partial charge in [0, 0.05) is 16.8 Å². The van der Waals surface area contributed by atoms with Crippen LogP contribution in [0.5, 0.6) is 0 Å². The summed E-state index contributed by atoms with van der Waals surface area (Å²) in [4.78, 5) is 8.79. The number of aromatic nitrogens is 3. The fourth-order valence-corrected chi connectivity index (χ4v) is 3.26. The van der Waals surface area contributed by atoms with Crippen molar-refractivity contribution < 1.29 is 4.39 Å². The van der Waals surface area contributed by atoms with E-state index in [1.54, 1.807) is 24.4 Å². The Hall–Kier alpha value is -2.43. The first-order chi connectivity index (χ1) is 12.1. The van der Waals surface area contributed by atoms with Crippen LogP contribution in [0.3, 0.4) is 0 Å². The molecule has 4 rings (SSSR count). The molecule has 25 heavy (non-hydrogen) atoms. The zero-order chi connectivity index (χ0) is 17.4. The molecule has 0 N–H and O–H groups in total. The zero-order valence-corrected chi connectivity index (χ0v) is 14.5. The molecule has 0 aliphatic rings. The van der Waals surface area contributed by atoms with Crippen LogP contribution >= 0.6 is 23.2 Å². The molecule has 2 aromatic carbocycles. The minimum absolute atomic E-state index is 0.243. The number of halogens is 3. The number of benzene rings is 2. The van der Waals surface area contributed by atoms with Crippen molar-refractivity contribution in [2.45, 2.75) is 6.54 Å². The zero-order valence-electron chi connectivity index (χ0n) is 13.0. The standard InChI is InChI=1S/C19H12Cl2FN3/c20-14-6-3-7-15(22)13(14)11-25-17-9-2-1-8-16(17)24-19(25)12-5-4-10-23-18(12)21/h1-10H,11H2. The summed E-state index contributed by atoms with van der Waals surface area (Å²) in [7, 11) is 0. The number of pyridine rings is 1. The second-order valence-corrected chi connectivity index (χ2v) is 6.32. The van der Waals surface area contributed by atoms with E-state index in [1.807, 2.05) is 34.9 Å². The van der Waals surface area contributed by atoms with E-state index >= 15 is 0 Å². The lowest BCUT2D eigenvalue weighted by molar-refractivity contribution is 0.602. The number of hydrogen-bond donors (Lipinski definition) is 0. The van der Waals surface area contributed by atoms with Crippen LogP contribution in [0.25, 0.3) is 22.4 Å². The van der Waals surface area contributed by atoms with Gasteiger partial charge in [-0.1, -0.05) is 41.4 Å². The highest BCUT2D eigenvalue weighted by atomic mass is 35.5. The minimum atomic E-state index is -0.353. The first-order valence-corrected chi connectivity index (χ1v) is 8.40. The van der Waals surface area contributed by atoms with Crippen molar-refractivity contribution in [3.63, 3.8) is 0 Å². The second kappa shape index (κ2) is 6.47. The number of hydrogen-bond acceptors (Lipinski definition) is 2. The van der Waals surface area contributed by atoms with Gasteiger partial charge in [0.2, 0.25) is 0 Å². The van der Waals surface area contributed by atoms with Crippen molar-refractivity contribution in [1.29, 1.82) is 0 Å². The third kappa shape index (κ3) is 2.88. The van der Waals surface area contributed by atoms with Gasteiger partial charge in [0.15, 0.2) is 0 Å². The Balaban J connectivity index is 1.96. The van der Waals surface area contributed by atoms with E-state index in [0.717, 1.165) is 11.0 Å². The minimum Gasteiger partial charge on any atom is -0.319 e. The summed E-state index contributed by atoms with van der Waals surface area (Å²) in [5, 5.41) is 0.722. The van der Waals surface area contributed by atoms with Crippen LogP contribution in [0.2, 0.25) is 10.2 Å². The molecule has 0 unspecified atom stereocenters. The molecule has 2 heterocycles. The smallest absolute Gasteiger partial charge is 0.144 e. The molecular weight excluding hydrogens is 360 g/mol. The van der Waals surface area contributed by atoms with Crippen molar-refractivity contribution in [3.8, 4) is 11.4 Å². The highest BCUT2D eigenvalue weighted by Crippen LogP contribution is 2.31. The average Bonchev–Trinajstić information content (AvgIpc) is 2.97. The van der Waals surface area contributed by atoms with Crippen LogP contribution in [-0.4, -0.2) is 14.5 Å². The summed E-state index contributed by atoms with van der Waals surface area (Å²) in [6.45, 7) is 0.243. The number of para-hydroxylation sites is 2. The molecule has 0 fully saturated rings. The van der Waals surface area contributed by atoms with Gasteiger partial charge in [-0.15, -0.1) is 0 Å². The maximum absolute atomic E-state index is 14.3. The summed E-state index contributed by atoms with van der Waals surface area (Å²) in [5.41, 5.74) is 2.77. The SMILES string of the molecule is Fc1cccc(Cl)c1Cn1c(-c2cccnc2Cl)nc2ccccc21. The van der Waals surface area contributed by atoms with Gasteiger partial charge < -0.3 is 4.57 Å². The van der Waals surface area contributed by atoms with Gasteiger partial charge in [0.1, 0.15) is 16.8 Å². The van der Waals surface area contributed by atoms with Crippen molar-refractivity contribution in [2.75, 3.05) is 0 Å². The summed E-state index contributed by atoms with van der Waals surface area (Å²) in [6, 6.07) is 16.0. The Bertz CT molecular complexity index is 1060. The Kier molecular flexibility index (Phi) is 4.15. The molecule has 0 spiro atoms. The monoisotopic (exact) mass is 371 g/mol. The summed E-state index contributed by atoms with van der Waals surface area (Å²) in [6.07, 6.45) is 1.62. The Morgan fingerprint density at radius 1 is 0.960 bits per heavy atom. The predicted octanol–water partition coefficient (Wildman–Crippen LogP) is 5.59. The lowest BCUT2D eigenvalue weighted by Gasteiger charge is -2.12. The molecule has 4 aromatic rings. The average molecular weight is 372 g/mol. The van der Waals surface area contributed by atoms with Crippen LogP contribution in [-0.2, 0) is 6.54 Å². The summed E-state index contributed by atoms with van der Waals surface area (Å²) >= 11 is 12.5. The molecule has 0 saturated carbocycles. The van der Waals surface area contributed by atoms with Crippen LogP contribution in [0.4, 0.5) is 4.39 Å². The highest BCUT2D eigenvalue weighted by molar-refractivity contribution is 6.32. The molecule has 0 radical (unpaired) electrons. The van der Waals surface area contributed by atoms with Gasteiger partial charge in [0.25, 0.3) is 0 Å². The van der Waals surface area contributed by atoms with E-state index in [4.69, 9.17) is 23.2 Å². The quantitative estimate of drug-likeness (QED) is 0.439. The molecule has 0 bridgehead atoms. The van der Waals surface area contributed by atoms with Crippen LogP contribution in [0.15, 0.2) is 60.8 Å². The van der Waals surface area contributed by atoms with E-state index in [-0.39, 0.29) is 12.4 Å². The molecule has 2 aromatic heterocycles. The Morgan fingerprint density at radius 3 is 2.60 bits per heavy atom. The maximum Gasteiger partial charge on any atom is 0.144 e. The fraction of sp³-hybridized carbons (Fsp3) is 0.0526. The van der Waals surface area contributed by atoms with Gasteiger partial charge >= 0.3 is 0 Å². The number of fused-ring (bicyclic) bond motifs is 1. The topological polar surface area (TPSA) is 30.7 Å². The molecule has 0 aliphatic heterocycles. The van der Waals surface area contributed by atoms with Gasteiger partial charge in [0.05, 0.1) is 23.1 Å². The predicted molar refractivity (Wildman–Crippen MR) is 98.5 cm³/mol. The fourth-order valence-electron chi connectivity index (χ4n) is 2.84. The van der Waals surface area contributed by atoms with Gasteiger partial charge in [-0.05, 0) is 36.4 Å². The molecule has 0 aliphatic carbocycles. The molecule has 0 atom stereocenters. The second-order valence-electron chi connectivity index (χ2n) is 5.55. The number of nitrogens with zero attached hydrogens (tertiary/aromatic N) is 3. The number of imidazole rings is 1.